The standard InChI is InChI=1S/C13H15N3O4/c1-18-11-4-3-9(7-12(11)19-2)5-6-14-13(17)10-8-15-20-16-10/h3-4,7-8H,5-6H2,1-2H3,(H,14,17). The van der Waals surface area contributed by atoms with Gasteiger partial charge in [0.25, 0.3) is 5.91 Å². The minimum Gasteiger partial charge on any atom is -0.493 e. The summed E-state index contributed by atoms with van der Waals surface area (Å²) in [6.45, 7) is 0.473. The summed E-state index contributed by atoms with van der Waals surface area (Å²) in [5, 5.41) is 9.56. The van der Waals surface area contributed by atoms with E-state index in [1.54, 1.807) is 14.2 Å². The monoisotopic (exact) mass is 277 g/mol. The Labute approximate surface area is 115 Å². The molecule has 2 rings (SSSR count). The van der Waals surface area contributed by atoms with Crippen molar-refractivity contribution in [1.82, 2.24) is 15.6 Å². The van der Waals surface area contributed by atoms with Gasteiger partial charge in [0, 0.05) is 6.54 Å². The number of amides is 1. The van der Waals surface area contributed by atoms with Crippen LogP contribution >= 0.6 is 0 Å². The Morgan fingerprint density at radius 1 is 1.30 bits per heavy atom. The zero-order valence-corrected chi connectivity index (χ0v) is 11.3. The number of aromatic nitrogens is 2. The van der Waals surface area contributed by atoms with Gasteiger partial charge in [-0.25, -0.2) is 4.63 Å². The molecule has 0 aliphatic carbocycles. The van der Waals surface area contributed by atoms with Gasteiger partial charge in [-0.2, -0.15) is 0 Å². The Bertz CT molecular complexity index is 569. The van der Waals surface area contributed by atoms with Crippen LogP contribution in [0, 0.1) is 0 Å². The summed E-state index contributed by atoms with van der Waals surface area (Å²) in [5.74, 6) is 1.03. The molecular weight excluding hydrogens is 262 g/mol. The maximum atomic E-state index is 11.6. The smallest absolute Gasteiger partial charge is 0.275 e. The summed E-state index contributed by atoms with van der Waals surface area (Å²) in [6, 6.07) is 5.63. The van der Waals surface area contributed by atoms with E-state index in [4.69, 9.17) is 9.47 Å². The molecule has 0 saturated carbocycles. The average molecular weight is 277 g/mol. The number of hydrogen-bond acceptors (Lipinski definition) is 6. The number of carbonyl (C=O) groups is 1. The third-order valence-corrected chi connectivity index (χ3v) is 2.74. The van der Waals surface area contributed by atoms with Crippen molar-refractivity contribution < 1.29 is 18.9 Å². The van der Waals surface area contributed by atoms with E-state index in [0.29, 0.717) is 24.5 Å². The molecule has 1 aromatic carbocycles. The third-order valence-electron chi connectivity index (χ3n) is 2.74. The lowest BCUT2D eigenvalue weighted by molar-refractivity contribution is 0.0944. The first kappa shape index (κ1) is 13.9. The van der Waals surface area contributed by atoms with Crippen molar-refractivity contribution in [1.29, 1.82) is 0 Å². The van der Waals surface area contributed by atoms with Crippen LogP contribution in [0.2, 0.25) is 0 Å². The highest BCUT2D eigenvalue weighted by molar-refractivity contribution is 5.91. The van der Waals surface area contributed by atoms with Crippen molar-refractivity contribution in [2.24, 2.45) is 0 Å². The Morgan fingerprint density at radius 2 is 2.10 bits per heavy atom. The second-order valence-electron chi connectivity index (χ2n) is 3.99. The number of hydrogen-bond donors (Lipinski definition) is 1. The van der Waals surface area contributed by atoms with Crippen LogP contribution < -0.4 is 14.8 Å². The second kappa shape index (κ2) is 6.55. The van der Waals surface area contributed by atoms with E-state index >= 15 is 0 Å². The predicted octanol–water partition coefficient (Wildman–Crippen LogP) is 1.06. The zero-order chi connectivity index (χ0) is 14.4. The average Bonchev–Trinajstić information content (AvgIpc) is 3.01. The first-order chi connectivity index (χ1) is 9.74. The minimum absolute atomic E-state index is 0.164. The fraction of sp³-hybridized carbons (Fsp3) is 0.308. The van der Waals surface area contributed by atoms with E-state index in [-0.39, 0.29) is 11.6 Å². The Morgan fingerprint density at radius 3 is 2.75 bits per heavy atom. The largest absolute Gasteiger partial charge is 0.493 e. The molecule has 1 amide bonds. The highest BCUT2D eigenvalue weighted by Gasteiger charge is 2.09. The predicted molar refractivity (Wildman–Crippen MR) is 69.9 cm³/mol. The number of nitrogens with one attached hydrogen (secondary N) is 1. The van der Waals surface area contributed by atoms with Gasteiger partial charge in [-0.15, -0.1) is 0 Å². The van der Waals surface area contributed by atoms with E-state index in [0.717, 1.165) is 5.56 Å². The van der Waals surface area contributed by atoms with Crippen LogP contribution in [0.1, 0.15) is 16.1 Å². The van der Waals surface area contributed by atoms with Crippen molar-refractivity contribution in [2.45, 2.75) is 6.42 Å². The van der Waals surface area contributed by atoms with E-state index in [1.807, 2.05) is 18.2 Å². The van der Waals surface area contributed by atoms with Crippen LogP contribution in [0.15, 0.2) is 29.0 Å². The zero-order valence-electron chi connectivity index (χ0n) is 11.3. The van der Waals surface area contributed by atoms with Gasteiger partial charge in [0.05, 0.1) is 14.2 Å². The molecule has 1 N–H and O–H groups in total. The lowest BCUT2D eigenvalue weighted by Gasteiger charge is -2.09. The molecule has 0 atom stereocenters. The lowest BCUT2D eigenvalue weighted by Crippen LogP contribution is -2.25. The number of methoxy groups -OCH3 is 2. The molecular formula is C13H15N3O4. The topological polar surface area (TPSA) is 86.5 Å². The molecule has 0 aliphatic heterocycles. The van der Waals surface area contributed by atoms with Gasteiger partial charge in [-0.1, -0.05) is 11.2 Å². The van der Waals surface area contributed by atoms with E-state index in [2.05, 4.69) is 20.3 Å². The van der Waals surface area contributed by atoms with Gasteiger partial charge in [0.1, 0.15) is 6.20 Å². The van der Waals surface area contributed by atoms with E-state index < -0.39 is 0 Å². The fourth-order valence-corrected chi connectivity index (χ4v) is 1.71. The Hall–Kier alpha value is -2.57. The highest BCUT2D eigenvalue weighted by atomic mass is 16.6. The summed E-state index contributed by atoms with van der Waals surface area (Å²) < 4.78 is 14.7. The van der Waals surface area contributed by atoms with Gasteiger partial charge in [-0.05, 0) is 29.3 Å². The van der Waals surface area contributed by atoms with Crippen molar-refractivity contribution in [3.63, 3.8) is 0 Å². The van der Waals surface area contributed by atoms with E-state index in [9.17, 15) is 4.79 Å². The van der Waals surface area contributed by atoms with Crippen LogP contribution in [-0.4, -0.2) is 37.0 Å². The minimum atomic E-state index is -0.313. The highest BCUT2D eigenvalue weighted by Crippen LogP contribution is 2.27. The lowest BCUT2D eigenvalue weighted by atomic mass is 10.1. The molecule has 0 bridgehead atoms. The molecule has 7 heteroatoms. The number of rotatable bonds is 6. The molecule has 1 aromatic heterocycles. The summed E-state index contributed by atoms with van der Waals surface area (Å²) in [4.78, 5) is 11.6. The number of carbonyl (C=O) groups excluding carboxylic acids is 1. The van der Waals surface area contributed by atoms with Crippen LogP contribution in [0.3, 0.4) is 0 Å². The van der Waals surface area contributed by atoms with Gasteiger partial charge in [0.15, 0.2) is 17.2 Å². The maximum absolute atomic E-state index is 11.6. The summed E-state index contributed by atoms with van der Waals surface area (Å²) >= 11 is 0. The molecule has 7 nitrogen and oxygen atoms in total. The van der Waals surface area contributed by atoms with Crippen molar-refractivity contribution >= 4 is 5.91 Å². The first-order valence-electron chi connectivity index (χ1n) is 6.01. The molecule has 0 radical (unpaired) electrons. The Balaban J connectivity index is 1.89. The normalized spacial score (nSPS) is 10.1. The second-order valence-corrected chi connectivity index (χ2v) is 3.99. The summed E-state index contributed by atoms with van der Waals surface area (Å²) in [7, 11) is 3.17. The molecule has 106 valence electrons. The molecule has 0 fully saturated rings. The number of nitrogens with zero attached hydrogens (tertiary/aromatic N) is 2. The first-order valence-corrected chi connectivity index (χ1v) is 6.01. The number of ether oxygens (including phenoxy) is 2. The van der Waals surface area contributed by atoms with Crippen LogP contribution in [0.5, 0.6) is 11.5 Å². The van der Waals surface area contributed by atoms with Crippen molar-refractivity contribution in [3.05, 3.63) is 35.7 Å². The summed E-state index contributed by atoms with van der Waals surface area (Å²) in [5.41, 5.74) is 1.19. The Kier molecular flexibility index (Phi) is 4.54. The summed E-state index contributed by atoms with van der Waals surface area (Å²) in [6.07, 6.45) is 1.93. The molecule has 0 aliphatic rings. The maximum Gasteiger partial charge on any atom is 0.275 e. The molecule has 0 saturated heterocycles. The van der Waals surface area contributed by atoms with Crippen molar-refractivity contribution in [2.75, 3.05) is 20.8 Å². The van der Waals surface area contributed by atoms with Crippen molar-refractivity contribution in [3.8, 4) is 11.5 Å². The quantitative estimate of drug-likeness (QED) is 0.849. The molecule has 1 heterocycles. The van der Waals surface area contributed by atoms with Crippen LogP contribution in [0.4, 0.5) is 0 Å². The van der Waals surface area contributed by atoms with Crippen LogP contribution in [-0.2, 0) is 6.42 Å². The fourth-order valence-electron chi connectivity index (χ4n) is 1.71. The third kappa shape index (κ3) is 3.25. The van der Waals surface area contributed by atoms with Gasteiger partial charge in [0.2, 0.25) is 0 Å². The SMILES string of the molecule is COc1ccc(CCNC(=O)c2cnon2)cc1OC. The van der Waals surface area contributed by atoms with Gasteiger partial charge in [-0.3, -0.25) is 4.79 Å². The van der Waals surface area contributed by atoms with Gasteiger partial charge >= 0.3 is 0 Å². The molecule has 0 unspecified atom stereocenters. The van der Waals surface area contributed by atoms with E-state index in [1.165, 1.54) is 6.20 Å². The molecule has 20 heavy (non-hydrogen) atoms. The molecule has 0 spiro atoms. The molecule has 2 aromatic rings. The van der Waals surface area contributed by atoms with Gasteiger partial charge < -0.3 is 14.8 Å². The van der Waals surface area contributed by atoms with Crippen LogP contribution in [0.25, 0.3) is 0 Å². The number of benzene rings is 1.